The zero-order valence-corrected chi connectivity index (χ0v) is 8.31. The van der Waals surface area contributed by atoms with Gasteiger partial charge in [-0.25, -0.2) is 0 Å². The smallest absolute Gasteiger partial charge is 0.230 e. The maximum absolute atomic E-state index is 9.32. The Kier molecular flexibility index (Phi) is 2.79. The number of likely N-dealkylation sites (tertiary alicyclic amines) is 1. The highest BCUT2D eigenvalue weighted by Crippen LogP contribution is 2.12. The number of β-amino-alcohol motifs (C(OH)–C–C–N with tert-alkyl or cyclic N) is 1. The fourth-order valence-corrected chi connectivity index (χ4v) is 1.64. The second kappa shape index (κ2) is 4.06. The Bertz CT molecular complexity index is 300. The van der Waals surface area contributed by atoms with Crippen molar-refractivity contribution in [3.05, 3.63) is 11.8 Å². The van der Waals surface area contributed by atoms with Crippen LogP contribution in [0.25, 0.3) is 0 Å². The van der Waals surface area contributed by atoms with Gasteiger partial charge in [-0.1, -0.05) is 6.92 Å². The zero-order chi connectivity index (χ0) is 9.97. The molecular formula is C9H15N3O2. The first kappa shape index (κ1) is 9.61. The van der Waals surface area contributed by atoms with Crippen LogP contribution in [0.4, 0.5) is 0 Å². The molecule has 1 saturated heterocycles. The number of aliphatic hydroxyl groups excluding tert-OH is 1. The van der Waals surface area contributed by atoms with Crippen molar-refractivity contribution in [1.29, 1.82) is 0 Å². The molecule has 1 unspecified atom stereocenters. The van der Waals surface area contributed by atoms with E-state index in [2.05, 4.69) is 15.1 Å². The molecule has 0 aromatic carbocycles. The molecule has 5 nitrogen and oxygen atoms in total. The van der Waals surface area contributed by atoms with Crippen LogP contribution in [-0.4, -0.2) is 39.4 Å². The van der Waals surface area contributed by atoms with Crippen molar-refractivity contribution < 1.29 is 9.52 Å². The van der Waals surface area contributed by atoms with Gasteiger partial charge in [-0.3, -0.25) is 4.90 Å². The first-order valence-corrected chi connectivity index (χ1v) is 4.99. The van der Waals surface area contributed by atoms with Gasteiger partial charge in [0.15, 0.2) is 0 Å². The van der Waals surface area contributed by atoms with E-state index < -0.39 is 0 Å². The van der Waals surface area contributed by atoms with Crippen LogP contribution in [0, 0.1) is 0 Å². The van der Waals surface area contributed by atoms with Crippen molar-refractivity contribution in [2.45, 2.75) is 32.4 Å². The minimum absolute atomic E-state index is 0.191. The topological polar surface area (TPSA) is 62.4 Å². The number of hydrogen-bond acceptors (Lipinski definition) is 5. The third-order valence-corrected chi connectivity index (χ3v) is 2.42. The van der Waals surface area contributed by atoms with Crippen molar-refractivity contribution in [2.24, 2.45) is 0 Å². The molecule has 0 aliphatic carbocycles. The fourth-order valence-electron chi connectivity index (χ4n) is 1.64. The van der Waals surface area contributed by atoms with E-state index in [1.165, 1.54) is 0 Å². The van der Waals surface area contributed by atoms with Gasteiger partial charge in [0.05, 0.1) is 12.6 Å². The van der Waals surface area contributed by atoms with E-state index in [4.69, 9.17) is 4.42 Å². The average molecular weight is 197 g/mol. The lowest BCUT2D eigenvalue weighted by molar-refractivity contribution is 0.171. The molecule has 0 bridgehead atoms. The normalized spacial score (nSPS) is 23.1. The first-order chi connectivity index (χ1) is 6.78. The third kappa shape index (κ3) is 2.10. The number of nitrogens with zero attached hydrogens (tertiary/aromatic N) is 3. The summed E-state index contributed by atoms with van der Waals surface area (Å²) >= 11 is 0. The number of aromatic nitrogens is 2. The first-order valence-electron chi connectivity index (χ1n) is 4.99. The van der Waals surface area contributed by atoms with Crippen LogP contribution in [0.5, 0.6) is 0 Å². The predicted molar refractivity (Wildman–Crippen MR) is 49.6 cm³/mol. The number of hydrogen-bond donors (Lipinski definition) is 1. The zero-order valence-electron chi connectivity index (χ0n) is 8.31. The molecule has 0 saturated carbocycles. The van der Waals surface area contributed by atoms with Crippen LogP contribution in [0.15, 0.2) is 4.42 Å². The maximum Gasteiger partial charge on any atom is 0.230 e. The standard InChI is InChI=1S/C9H15N3O2/c1-2-8-10-11-9(14-8)6-12-4-3-7(13)5-12/h7,13H,2-6H2,1H3. The van der Waals surface area contributed by atoms with Gasteiger partial charge in [0.1, 0.15) is 0 Å². The van der Waals surface area contributed by atoms with E-state index in [1.807, 2.05) is 6.92 Å². The lowest BCUT2D eigenvalue weighted by Gasteiger charge is -2.10. The van der Waals surface area contributed by atoms with Gasteiger partial charge < -0.3 is 9.52 Å². The molecule has 1 atom stereocenters. The molecule has 0 amide bonds. The summed E-state index contributed by atoms with van der Waals surface area (Å²) in [5.41, 5.74) is 0. The number of aryl methyl sites for hydroxylation is 1. The quantitative estimate of drug-likeness (QED) is 0.750. The van der Waals surface area contributed by atoms with Gasteiger partial charge >= 0.3 is 0 Å². The van der Waals surface area contributed by atoms with Crippen LogP contribution < -0.4 is 0 Å². The van der Waals surface area contributed by atoms with Gasteiger partial charge in [0.25, 0.3) is 0 Å². The van der Waals surface area contributed by atoms with Crippen molar-refractivity contribution in [3.8, 4) is 0 Å². The predicted octanol–water partition coefficient (Wildman–Crippen LogP) is 0.199. The molecule has 2 rings (SSSR count). The fraction of sp³-hybridized carbons (Fsp3) is 0.778. The summed E-state index contributed by atoms with van der Waals surface area (Å²) in [5.74, 6) is 1.33. The summed E-state index contributed by atoms with van der Waals surface area (Å²) in [4.78, 5) is 2.12. The summed E-state index contributed by atoms with van der Waals surface area (Å²) < 4.78 is 5.38. The van der Waals surface area contributed by atoms with Crippen LogP contribution in [0.3, 0.4) is 0 Å². The highest BCUT2D eigenvalue weighted by Gasteiger charge is 2.21. The Morgan fingerprint density at radius 2 is 2.29 bits per heavy atom. The van der Waals surface area contributed by atoms with Gasteiger partial charge in [0.2, 0.25) is 11.8 Å². The molecule has 0 radical (unpaired) electrons. The van der Waals surface area contributed by atoms with Gasteiger partial charge in [-0.15, -0.1) is 10.2 Å². The lowest BCUT2D eigenvalue weighted by atomic mass is 10.3. The highest BCUT2D eigenvalue weighted by molar-refractivity contribution is 4.84. The Balaban J connectivity index is 1.90. The monoisotopic (exact) mass is 197 g/mol. The largest absolute Gasteiger partial charge is 0.424 e. The molecule has 1 fully saturated rings. The van der Waals surface area contributed by atoms with Crippen LogP contribution in [0.2, 0.25) is 0 Å². The SMILES string of the molecule is CCc1nnc(CN2CCC(O)C2)o1. The number of rotatable bonds is 3. The van der Waals surface area contributed by atoms with Crippen molar-refractivity contribution in [2.75, 3.05) is 13.1 Å². The van der Waals surface area contributed by atoms with Crippen LogP contribution in [0.1, 0.15) is 25.1 Å². The molecule has 0 spiro atoms. The van der Waals surface area contributed by atoms with Crippen molar-refractivity contribution in [3.63, 3.8) is 0 Å². The van der Waals surface area contributed by atoms with Crippen LogP contribution >= 0.6 is 0 Å². The van der Waals surface area contributed by atoms with E-state index in [-0.39, 0.29) is 6.10 Å². The molecule has 1 aromatic rings. The molecule has 1 aliphatic heterocycles. The van der Waals surface area contributed by atoms with E-state index in [0.29, 0.717) is 24.9 Å². The molecule has 78 valence electrons. The molecule has 14 heavy (non-hydrogen) atoms. The van der Waals surface area contributed by atoms with E-state index >= 15 is 0 Å². The summed E-state index contributed by atoms with van der Waals surface area (Å²) in [6.45, 7) is 4.26. The minimum Gasteiger partial charge on any atom is -0.424 e. The summed E-state index contributed by atoms with van der Waals surface area (Å²) in [5, 5.41) is 17.1. The second-order valence-corrected chi connectivity index (χ2v) is 3.62. The van der Waals surface area contributed by atoms with Crippen LogP contribution in [-0.2, 0) is 13.0 Å². The minimum atomic E-state index is -0.191. The Labute approximate surface area is 82.7 Å². The highest BCUT2D eigenvalue weighted by atomic mass is 16.4. The second-order valence-electron chi connectivity index (χ2n) is 3.62. The summed E-state index contributed by atoms with van der Waals surface area (Å²) in [6.07, 6.45) is 1.42. The lowest BCUT2D eigenvalue weighted by Crippen LogP contribution is -2.21. The van der Waals surface area contributed by atoms with Crippen molar-refractivity contribution >= 4 is 0 Å². The Hall–Kier alpha value is -0.940. The molecule has 1 aliphatic rings. The van der Waals surface area contributed by atoms with Gasteiger partial charge in [-0.05, 0) is 6.42 Å². The van der Waals surface area contributed by atoms with Gasteiger partial charge in [0, 0.05) is 19.5 Å². The molecular weight excluding hydrogens is 182 g/mol. The molecule has 1 aromatic heterocycles. The summed E-state index contributed by atoms with van der Waals surface area (Å²) in [7, 11) is 0. The summed E-state index contributed by atoms with van der Waals surface area (Å²) in [6, 6.07) is 0. The molecule has 1 N–H and O–H groups in total. The maximum atomic E-state index is 9.32. The Morgan fingerprint density at radius 1 is 1.50 bits per heavy atom. The van der Waals surface area contributed by atoms with Crippen molar-refractivity contribution in [1.82, 2.24) is 15.1 Å². The average Bonchev–Trinajstić information content (AvgIpc) is 2.76. The van der Waals surface area contributed by atoms with E-state index in [9.17, 15) is 5.11 Å². The van der Waals surface area contributed by atoms with Gasteiger partial charge in [-0.2, -0.15) is 0 Å². The number of aliphatic hydroxyl groups is 1. The third-order valence-electron chi connectivity index (χ3n) is 2.42. The van der Waals surface area contributed by atoms with E-state index in [0.717, 1.165) is 19.4 Å². The molecule has 5 heteroatoms. The molecule has 2 heterocycles. The Morgan fingerprint density at radius 3 is 2.86 bits per heavy atom. The van der Waals surface area contributed by atoms with E-state index in [1.54, 1.807) is 0 Å².